The van der Waals surface area contributed by atoms with Gasteiger partial charge in [0.2, 0.25) is 0 Å². The van der Waals surface area contributed by atoms with E-state index in [4.69, 9.17) is 4.74 Å². The van der Waals surface area contributed by atoms with E-state index in [1.165, 1.54) is 0 Å². The molecule has 0 fully saturated rings. The largest absolute Gasteiger partial charge is 0.383 e. The van der Waals surface area contributed by atoms with Gasteiger partial charge in [-0.25, -0.2) is 0 Å². The maximum atomic E-state index is 5.22. The van der Waals surface area contributed by atoms with Gasteiger partial charge in [0, 0.05) is 19.7 Å². The lowest BCUT2D eigenvalue weighted by Gasteiger charge is -2.15. The van der Waals surface area contributed by atoms with Gasteiger partial charge in [0.05, 0.1) is 24.2 Å². The normalized spacial score (nSPS) is 12.5. The van der Waals surface area contributed by atoms with E-state index in [9.17, 15) is 0 Å². The second kappa shape index (κ2) is 7.77. The van der Waals surface area contributed by atoms with Crippen LogP contribution in [-0.4, -0.2) is 34.8 Å². The minimum Gasteiger partial charge on any atom is -0.383 e. The number of hydrogen-bond donors (Lipinski definition) is 1. The molecule has 20 heavy (non-hydrogen) atoms. The van der Waals surface area contributed by atoms with Crippen molar-refractivity contribution in [3.63, 3.8) is 0 Å². The third kappa shape index (κ3) is 4.15. The first-order valence-electron chi connectivity index (χ1n) is 7.02. The predicted octanol–water partition coefficient (Wildman–Crippen LogP) is 2.17. The standard InChI is InChI=1S/C15H22N4O/c1-3-7-13(12-20-2)16-10-14-11-17-19(18-14)15-8-5-4-6-9-15/h4-6,8-9,11,13,16H,3,7,10,12H2,1-2H3. The van der Waals surface area contributed by atoms with E-state index in [0.717, 1.165) is 30.8 Å². The highest BCUT2D eigenvalue weighted by atomic mass is 16.5. The van der Waals surface area contributed by atoms with E-state index in [0.29, 0.717) is 12.6 Å². The van der Waals surface area contributed by atoms with Gasteiger partial charge < -0.3 is 10.1 Å². The van der Waals surface area contributed by atoms with Gasteiger partial charge in [0.1, 0.15) is 0 Å². The maximum Gasteiger partial charge on any atom is 0.0969 e. The molecule has 1 heterocycles. The Kier molecular flexibility index (Phi) is 5.70. The van der Waals surface area contributed by atoms with Crippen molar-refractivity contribution in [2.24, 2.45) is 0 Å². The highest BCUT2D eigenvalue weighted by Gasteiger charge is 2.08. The van der Waals surface area contributed by atoms with Crippen molar-refractivity contribution in [1.82, 2.24) is 20.3 Å². The molecular formula is C15H22N4O. The molecular weight excluding hydrogens is 252 g/mol. The number of nitrogens with one attached hydrogen (secondary N) is 1. The number of nitrogens with zero attached hydrogens (tertiary/aromatic N) is 3. The topological polar surface area (TPSA) is 52.0 Å². The summed E-state index contributed by atoms with van der Waals surface area (Å²) in [5.41, 5.74) is 1.91. The van der Waals surface area contributed by atoms with Gasteiger partial charge in [-0.15, -0.1) is 0 Å². The molecule has 5 nitrogen and oxygen atoms in total. The van der Waals surface area contributed by atoms with E-state index in [-0.39, 0.29) is 0 Å². The molecule has 5 heteroatoms. The van der Waals surface area contributed by atoms with Crippen molar-refractivity contribution in [1.29, 1.82) is 0 Å². The highest BCUT2D eigenvalue weighted by Crippen LogP contribution is 2.05. The second-order valence-electron chi connectivity index (χ2n) is 4.78. The average Bonchev–Trinajstić information content (AvgIpc) is 2.95. The van der Waals surface area contributed by atoms with E-state index in [2.05, 4.69) is 22.4 Å². The first-order chi connectivity index (χ1) is 9.83. The van der Waals surface area contributed by atoms with E-state index in [1.54, 1.807) is 18.1 Å². The van der Waals surface area contributed by atoms with Crippen LogP contribution < -0.4 is 5.32 Å². The maximum absolute atomic E-state index is 5.22. The molecule has 0 radical (unpaired) electrons. The third-order valence-corrected chi connectivity index (χ3v) is 3.10. The van der Waals surface area contributed by atoms with Crippen LogP contribution in [0.15, 0.2) is 36.5 Å². The molecule has 0 bridgehead atoms. The van der Waals surface area contributed by atoms with Crippen molar-refractivity contribution in [3.8, 4) is 5.69 Å². The lowest BCUT2D eigenvalue weighted by molar-refractivity contribution is 0.161. The van der Waals surface area contributed by atoms with Gasteiger partial charge in [-0.1, -0.05) is 31.5 Å². The summed E-state index contributed by atoms with van der Waals surface area (Å²) < 4.78 is 5.22. The Morgan fingerprint density at radius 2 is 2.10 bits per heavy atom. The lowest BCUT2D eigenvalue weighted by Crippen LogP contribution is -2.32. The Bertz CT molecular complexity index is 492. The molecule has 0 amide bonds. The van der Waals surface area contributed by atoms with Gasteiger partial charge in [0.15, 0.2) is 0 Å². The molecule has 2 aromatic rings. The van der Waals surface area contributed by atoms with Gasteiger partial charge in [0.25, 0.3) is 0 Å². The monoisotopic (exact) mass is 274 g/mol. The van der Waals surface area contributed by atoms with Crippen molar-refractivity contribution in [2.75, 3.05) is 13.7 Å². The van der Waals surface area contributed by atoms with Crippen molar-refractivity contribution >= 4 is 0 Å². The summed E-state index contributed by atoms with van der Waals surface area (Å²) in [5.74, 6) is 0. The molecule has 0 aliphatic heterocycles. The minimum atomic E-state index is 0.367. The van der Waals surface area contributed by atoms with E-state index < -0.39 is 0 Å². The Hall–Kier alpha value is -1.72. The number of para-hydroxylation sites is 1. The molecule has 1 N–H and O–H groups in total. The van der Waals surface area contributed by atoms with Crippen LogP contribution in [0, 0.1) is 0 Å². The molecule has 108 valence electrons. The second-order valence-corrected chi connectivity index (χ2v) is 4.78. The molecule has 1 aromatic heterocycles. The average molecular weight is 274 g/mol. The van der Waals surface area contributed by atoms with Crippen LogP contribution >= 0.6 is 0 Å². The van der Waals surface area contributed by atoms with Crippen LogP contribution in [0.4, 0.5) is 0 Å². The molecule has 2 rings (SSSR count). The molecule has 1 atom stereocenters. The zero-order valence-electron chi connectivity index (χ0n) is 12.1. The third-order valence-electron chi connectivity index (χ3n) is 3.10. The summed E-state index contributed by atoms with van der Waals surface area (Å²) in [6, 6.07) is 10.3. The number of benzene rings is 1. The van der Waals surface area contributed by atoms with Crippen LogP contribution in [0.3, 0.4) is 0 Å². The summed E-state index contributed by atoms with van der Waals surface area (Å²) in [4.78, 5) is 1.65. The Morgan fingerprint density at radius 1 is 1.30 bits per heavy atom. The molecule has 0 spiro atoms. The van der Waals surface area contributed by atoms with Gasteiger partial charge in [-0.2, -0.15) is 15.0 Å². The molecule has 1 aromatic carbocycles. The fraction of sp³-hybridized carbons (Fsp3) is 0.467. The van der Waals surface area contributed by atoms with Crippen LogP contribution in [0.2, 0.25) is 0 Å². The van der Waals surface area contributed by atoms with Crippen LogP contribution in [0.25, 0.3) is 5.69 Å². The van der Waals surface area contributed by atoms with Crippen LogP contribution in [-0.2, 0) is 11.3 Å². The highest BCUT2D eigenvalue weighted by molar-refractivity contribution is 5.28. The lowest BCUT2D eigenvalue weighted by atomic mass is 10.2. The summed E-state index contributed by atoms with van der Waals surface area (Å²) in [6.45, 7) is 3.61. The molecule has 0 aliphatic carbocycles. The Morgan fingerprint density at radius 3 is 2.80 bits per heavy atom. The first-order valence-corrected chi connectivity index (χ1v) is 7.02. The van der Waals surface area contributed by atoms with Crippen molar-refractivity contribution in [3.05, 3.63) is 42.2 Å². The molecule has 1 unspecified atom stereocenters. The fourth-order valence-electron chi connectivity index (χ4n) is 2.10. The molecule has 0 saturated heterocycles. The SMILES string of the molecule is CCCC(COC)NCc1cnn(-c2ccccc2)n1. The van der Waals surface area contributed by atoms with Crippen molar-refractivity contribution in [2.45, 2.75) is 32.4 Å². The first kappa shape index (κ1) is 14.7. The summed E-state index contributed by atoms with van der Waals surface area (Å²) in [5, 5.41) is 12.2. The molecule has 0 aliphatic rings. The van der Waals surface area contributed by atoms with Crippen LogP contribution in [0.5, 0.6) is 0 Å². The fourth-order valence-corrected chi connectivity index (χ4v) is 2.10. The summed E-state index contributed by atoms with van der Waals surface area (Å²) in [6.07, 6.45) is 4.04. The van der Waals surface area contributed by atoms with Gasteiger partial charge >= 0.3 is 0 Å². The number of methoxy groups -OCH3 is 1. The molecule has 0 saturated carbocycles. The minimum absolute atomic E-state index is 0.367. The summed E-state index contributed by atoms with van der Waals surface area (Å²) >= 11 is 0. The predicted molar refractivity (Wildman–Crippen MR) is 78.8 cm³/mol. The quantitative estimate of drug-likeness (QED) is 0.801. The summed E-state index contributed by atoms with van der Waals surface area (Å²) in [7, 11) is 1.73. The Labute approximate surface area is 120 Å². The number of aromatic nitrogens is 3. The Balaban J connectivity index is 1.92. The van der Waals surface area contributed by atoms with Gasteiger partial charge in [-0.05, 0) is 18.6 Å². The zero-order chi connectivity index (χ0) is 14.2. The van der Waals surface area contributed by atoms with Crippen LogP contribution in [0.1, 0.15) is 25.5 Å². The number of hydrogen-bond acceptors (Lipinski definition) is 4. The number of rotatable bonds is 8. The smallest absolute Gasteiger partial charge is 0.0969 e. The van der Waals surface area contributed by atoms with Crippen molar-refractivity contribution < 1.29 is 4.74 Å². The van der Waals surface area contributed by atoms with Gasteiger partial charge in [-0.3, -0.25) is 0 Å². The number of ether oxygens (including phenoxy) is 1. The van der Waals surface area contributed by atoms with E-state index in [1.807, 2.05) is 30.3 Å². The van der Waals surface area contributed by atoms with E-state index >= 15 is 0 Å². The zero-order valence-corrected chi connectivity index (χ0v) is 12.1.